The van der Waals surface area contributed by atoms with Crippen LogP contribution in [0, 0.1) is 6.92 Å². The second kappa shape index (κ2) is 7.38. The van der Waals surface area contributed by atoms with Gasteiger partial charge in [0.25, 0.3) is 5.91 Å². The van der Waals surface area contributed by atoms with Gasteiger partial charge in [-0.3, -0.25) is 4.79 Å². The maximum absolute atomic E-state index is 11.8. The predicted octanol–water partition coefficient (Wildman–Crippen LogP) is 2.54. The number of carbonyl (C=O) groups excluding carboxylic acids is 1. The van der Waals surface area contributed by atoms with Crippen LogP contribution in [0.3, 0.4) is 0 Å². The Hall–Kier alpha value is -2.43. The standard InChI is InChI=1S/C16H20N4O/c1-3-8-17-15(21)14-7-9-18-16(20-14)19-11-13-6-4-5-12(2)10-13/h4-7,9-10H,3,8,11H2,1-2H3,(H,17,21)(H,18,19,20). The van der Waals surface area contributed by atoms with Crippen LogP contribution in [0.25, 0.3) is 0 Å². The van der Waals surface area contributed by atoms with Gasteiger partial charge in [-0.1, -0.05) is 36.8 Å². The third kappa shape index (κ3) is 4.56. The Balaban J connectivity index is 1.99. The number of rotatable bonds is 6. The van der Waals surface area contributed by atoms with Gasteiger partial charge in [-0.05, 0) is 25.0 Å². The molecule has 1 aromatic heterocycles. The van der Waals surface area contributed by atoms with Crippen LogP contribution in [0.2, 0.25) is 0 Å². The summed E-state index contributed by atoms with van der Waals surface area (Å²) in [6.45, 7) is 5.34. The van der Waals surface area contributed by atoms with Crippen LogP contribution in [0.1, 0.15) is 35.0 Å². The largest absolute Gasteiger partial charge is 0.351 e. The molecule has 5 nitrogen and oxygen atoms in total. The highest BCUT2D eigenvalue weighted by atomic mass is 16.1. The first kappa shape index (κ1) is 15.0. The summed E-state index contributed by atoms with van der Waals surface area (Å²) in [4.78, 5) is 20.2. The molecule has 110 valence electrons. The van der Waals surface area contributed by atoms with Crippen molar-refractivity contribution in [3.8, 4) is 0 Å². The summed E-state index contributed by atoms with van der Waals surface area (Å²) in [6.07, 6.45) is 2.49. The fraction of sp³-hybridized carbons (Fsp3) is 0.312. The summed E-state index contributed by atoms with van der Waals surface area (Å²) < 4.78 is 0. The number of anilines is 1. The summed E-state index contributed by atoms with van der Waals surface area (Å²) in [5.41, 5.74) is 2.74. The molecule has 0 fully saturated rings. The lowest BCUT2D eigenvalue weighted by molar-refractivity contribution is 0.0948. The summed E-state index contributed by atoms with van der Waals surface area (Å²) in [7, 11) is 0. The number of aromatic nitrogens is 2. The number of amides is 1. The Morgan fingerprint density at radius 2 is 2.14 bits per heavy atom. The van der Waals surface area contributed by atoms with E-state index in [9.17, 15) is 4.79 Å². The third-order valence-electron chi connectivity index (χ3n) is 2.96. The summed E-state index contributed by atoms with van der Waals surface area (Å²) in [5.74, 6) is 0.290. The van der Waals surface area contributed by atoms with Gasteiger partial charge in [0.15, 0.2) is 0 Å². The fourth-order valence-electron chi connectivity index (χ4n) is 1.90. The quantitative estimate of drug-likeness (QED) is 0.855. The zero-order chi connectivity index (χ0) is 15.1. The van der Waals surface area contributed by atoms with Gasteiger partial charge >= 0.3 is 0 Å². The van der Waals surface area contributed by atoms with E-state index in [0.717, 1.165) is 12.0 Å². The molecule has 2 aromatic rings. The van der Waals surface area contributed by atoms with E-state index in [2.05, 4.69) is 39.7 Å². The number of carbonyl (C=O) groups is 1. The monoisotopic (exact) mass is 284 g/mol. The van der Waals surface area contributed by atoms with Crippen molar-refractivity contribution in [2.75, 3.05) is 11.9 Å². The van der Waals surface area contributed by atoms with Crippen molar-refractivity contribution in [1.82, 2.24) is 15.3 Å². The average Bonchev–Trinajstić information content (AvgIpc) is 2.51. The van der Waals surface area contributed by atoms with Crippen LogP contribution in [-0.4, -0.2) is 22.4 Å². The molecule has 1 amide bonds. The highest BCUT2D eigenvalue weighted by molar-refractivity contribution is 5.92. The van der Waals surface area contributed by atoms with Crippen molar-refractivity contribution in [2.24, 2.45) is 0 Å². The van der Waals surface area contributed by atoms with Crippen molar-refractivity contribution >= 4 is 11.9 Å². The first-order valence-corrected chi connectivity index (χ1v) is 7.09. The molecule has 1 heterocycles. The molecular formula is C16H20N4O. The molecule has 0 bridgehead atoms. The Kier molecular flexibility index (Phi) is 5.26. The highest BCUT2D eigenvalue weighted by Gasteiger charge is 2.07. The van der Waals surface area contributed by atoms with Crippen LogP contribution in [-0.2, 0) is 6.54 Å². The van der Waals surface area contributed by atoms with Crippen molar-refractivity contribution in [3.63, 3.8) is 0 Å². The van der Waals surface area contributed by atoms with E-state index in [1.807, 2.05) is 19.1 Å². The maximum atomic E-state index is 11.8. The zero-order valence-corrected chi connectivity index (χ0v) is 12.4. The average molecular weight is 284 g/mol. The first-order valence-electron chi connectivity index (χ1n) is 7.09. The number of aryl methyl sites for hydroxylation is 1. The van der Waals surface area contributed by atoms with Crippen molar-refractivity contribution in [1.29, 1.82) is 0 Å². The Labute approximate surface area is 124 Å². The van der Waals surface area contributed by atoms with Crippen molar-refractivity contribution < 1.29 is 4.79 Å². The van der Waals surface area contributed by atoms with Gasteiger partial charge < -0.3 is 10.6 Å². The van der Waals surface area contributed by atoms with Gasteiger partial charge in [-0.25, -0.2) is 9.97 Å². The molecule has 1 aromatic carbocycles. The molecule has 0 unspecified atom stereocenters. The molecule has 0 radical (unpaired) electrons. The van der Waals surface area contributed by atoms with E-state index in [0.29, 0.717) is 24.7 Å². The van der Waals surface area contributed by atoms with Gasteiger partial charge in [0.05, 0.1) is 0 Å². The fourth-order valence-corrected chi connectivity index (χ4v) is 1.90. The molecule has 21 heavy (non-hydrogen) atoms. The molecular weight excluding hydrogens is 264 g/mol. The van der Waals surface area contributed by atoms with Gasteiger partial charge in [0.2, 0.25) is 5.95 Å². The predicted molar refractivity (Wildman–Crippen MR) is 83.2 cm³/mol. The van der Waals surface area contributed by atoms with Crippen molar-refractivity contribution in [2.45, 2.75) is 26.8 Å². The number of hydrogen-bond donors (Lipinski definition) is 2. The Bertz CT molecular complexity index is 613. The van der Waals surface area contributed by atoms with E-state index in [1.165, 1.54) is 5.56 Å². The Morgan fingerprint density at radius 3 is 2.90 bits per heavy atom. The van der Waals surface area contributed by atoms with Crippen LogP contribution in [0.5, 0.6) is 0 Å². The molecule has 2 N–H and O–H groups in total. The van der Waals surface area contributed by atoms with E-state index in [1.54, 1.807) is 12.3 Å². The summed E-state index contributed by atoms with van der Waals surface area (Å²) >= 11 is 0. The van der Waals surface area contributed by atoms with Gasteiger partial charge in [-0.15, -0.1) is 0 Å². The van der Waals surface area contributed by atoms with Gasteiger partial charge in [-0.2, -0.15) is 0 Å². The minimum Gasteiger partial charge on any atom is -0.351 e. The highest BCUT2D eigenvalue weighted by Crippen LogP contribution is 2.07. The summed E-state index contributed by atoms with van der Waals surface area (Å²) in [5, 5.41) is 5.94. The molecule has 0 aliphatic carbocycles. The molecule has 0 spiro atoms. The number of benzene rings is 1. The van der Waals surface area contributed by atoms with Gasteiger partial charge in [0, 0.05) is 19.3 Å². The first-order chi connectivity index (χ1) is 10.2. The molecule has 0 saturated carbocycles. The minimum absolute atomic E-state index is 0.169. The number of nitrogens with one attached hydrogen (secondary N) is 2. The molecule has 5 heteroatoms. The second-order valence-electron chi connectivity index (χ2n) is 4.86. The van der Waals surface area contributed by atoms with E-state index < -0.39 is 0 Å². The van der Waals surface area contributed by atoms with Gasteiger partial charge in [0.1, 0.15) is 5.69 Å². The van der Waals surface area contributed by atoms with E-state index in [-0.39, 0.29) is 5.91 Å². The topological polar surface area (TPSA) is 66.9 Å². The van der Waals surface area contributed by atoms with E-state index >= 15 is 0 Å². The van der Waals surface area contributed by atoms with Crippen LogP contribution < -0.4 is 10.6 Å². The smallest absolute Gasteiger partial charge is 0.270 e. The lowest BCUT2D eigenvalue weighted by Gasteiger charge is -2.07. The van der Waals surface area contributed by atoms with E-state index in [4.69, 9.17) is 0 Å². The summed E-state index contributed by atoms with van der Waals surface area (Å²) in [6, 6.07) is 9.83. The normalized spacial score (nSPS) is 10.2. The molecule has 0 aliphatic rings. The van der Waals surface area contributed by atoms with Crippen LogP contribution >= 0.6 is 0 Å². The third-order valence-corrected chi connectivity index (χ3v) is 2.96. The lowest BCUT2D eigenvalue weighted by Crippen LogP contribution is -2.25. The molecule has 0 aliphatic heterocycles. The van der Waals surface area contributed by atoms with Crippen molar-refractivity contribution in [3.05, 3.63) is 53.3 Å². The zero-order valence-electron chi connectivity index (χ0n) is 12.4. The maximum Gasteiger partial charge on any atom is 0.270 e. The lowest BCUT2D eigenvalue weighted by atomic mass is 10.1. The molecule has 0 saturated heterocycles. The Morgan fingerprint density at radius 1 is 1.29 bits per heavy atom. The van der Waals surface area contributed by atoms with Crippen LogP contribution in [0.15, 0.2) is 36.5 Å². The molecule has 2 rings (SSSR count). The van der Waals surface area contributed by atoms with Crippen LogP contribution in [0.4, 0.5) is 5.95 Å². The SMILES string of the molecule is CCCNC(=O)c1ccnc(NCc2cccc(C)c2)n1. The molecule has 0 atom stereocenters. The number of nitrogens with zero attached hydrogens (tertiary/aromatic N) is 2. The second-order valence-corrected chi connectivity index (χ2v) is 4.86. The minimum atomic E-state index is -0.169. The number of hydrogen-bond acceptors (Lipinski definition) is 4.